The Morgan fingerprint density at radius 2 is 1.05 bits per heavy atom. The van der Waals surface area contributed by atoms with Crippen molar-refractivity contribution in [3.05, 3.63) is 41.5 Å². The van der Waals surface area contributed by atoms with Gasteiger partial charge in [-0.05, 0) is 37.8 Å². The predicted octanol–water partition coefficient (Wildman–Crippen LogP) is 12.0. The zero-order valence-electron chi connectivity index (χ0n) is 35.2. The van der Waals surface area contributed by atoms with Gasteiger partial charge in [-0.15, -0.1) is 0 Å². The highest BCUT2D eigenvalue weighted by atomic mass is 16.6. The van der Waals surface area contributed by atoms with Crippen LogP contribution in [0.3, 0.4) is 0 Å². The molecule has 2 N–H and O–H groups in total. The molecule has 0 radical (unpaired) electrons. The third-order valence-electron chi connectivity index (χ3n) is 10.6. The van der Waals surface area contributed by atoms with Gasteiger partial charge in [-0.2, -0.15) is 0 Å². The van der Waals surface area contributed by atoms with Crippen LogP contribution in [0.4, 0.5) is 0 Å². The zero-order chi connectivity index (χ0) is 41.4. The summed E-state index contributed by atoms with van der Waals surface area (Å²) in [5, 5.41) is 20.8. The van der Waals surface area contributed by atoms with Crippen LogP contribution in [0.2, 0.25) is 0 Å². The average molecular weight is 795 g/mol. The van der Waals surface area contributed by atoms with Crippen molar-refractivity contribution >= 4 is 23.7 Å². The van der Waals surface area contributed by atoms with E-state index in [2.05, 4.69) is 27.7 Å². The molecule has 0 fully saturated rings. The lowest BCUT2D eigenvalue weighted by Crippen LogP contribution is -2.42. The number of phenols is 2. The number of benzene rings is 2. The molecule has 1 heterocycles. The van der Waals surface area contributed by atoms with Crippen LogP contribution < -0.4 is 14.2 Å². The van der Waals surface area contributed by atoms with Crippen LogP contribution in [0.15, 0.2) is 30.3 Å². The first kappa shape index (κ1) is 47.3. The highest BCUT2D eigenvalue weighted by Crippen LogP contribution is 2.51. The number of ether oxygens (including phenoxy) is 4. The number of unbranched alkanes of at least 4 members (excludes halogenated alkanes) is 16. The number of aromatic hydroxyl groups is 2. The van der Waals surface area contributed by atoms with Gasteiger partial charge in [0, 0.05) is 43.4 Å². The van der Waals surface area contributed by atoms with Gasteiger partial charge in [-0.3, -0.25) is 19.2 Å². The molecule has 1 unspecified atom stereocenters. The molecule has 10 nitrogen and oxygen atoms in total. The van der Waals surface area contributed by atoms with Crippen molar-refractivity contribution in [3.63, 3.8) is 0 Å². The Morgan fingerprint density at radius 3 is 1.58 bits per heavy atom. The maximum atomic E-state index is 14.6. The quantitative estimate of drug-likeness (QED) is 0.0353. The Hall–Kier alpha value is -4.08. The monoisotopic (exact) mass is 794 g/mol. The maximum Gasteiger partial charge on any atom is 0.311 e. The van der Waals surface area contributed by atoms with Crippen molar-refractivity contribution in [1.82, 2.24) is 0 Å². The summed E-state index contributed by atoms with van der Waals surface area (Å²) in [7, 11) is 0. The van der Waals surface area contributed by atoms with Gasteiger partial charge in [0.2, 0.25) is 0 Å². The average Bonchev–Trinajstić information content (AvgIpc) is 3.18. The number of rotatable bonds is 29. The van der Waals surface area contributed by atoms with Gasteiger partial charge in [-0.1, -0.05) is 136 Å². The molecule has 0 bridgehead atoms. The first-order chi connectivity index (χ1) is 27.6. The van der Waals surface area contributed by atoms with Gasteiger partial charge >= 0.3 is 17.9 Å². The fourth-order valence-corrected chi connectivity index (χ4v) is 7.36. The van der Waals surface area contributed by atoms with Gasteiger partial charge in [0.1, 0.15) is 23.0 Å². The van der Waals surface area contributed by atoms with Crippen LogP contribution in [0.25, 0.3) is 0 Å². The minimum Gasteiger partial charge on any atom is -0.504 e. The van der Waals surface area contributed by atoms with Crippen LogP contribution in [0.1, 0.15) is 205 Å². The molecule has 0 aliphatic carbocycles. The van der Waals surface area contributed by atoms with Crippen LogP contribution >= 0.6 is 0 Å². The second kappa shape index (κ2) is 26.8. The molecule has 0 aromatic heterocycles. The number of phenolic OH excluding ortho intramolecular Hbond substituents is 2. The van der Waals surface area contributed by atoms with Gasteiger partial charge in [-0.25, -0.2) is 0 Å². The molecule has 3 rings (SSSR count). The topological polar surface area (TPSA) is 146 Å². The van der Waals surface area contributed by atoms with Crippen LogP contribution in [-0.4, -0.2) is 40.0 Å². The maximum absolute atomic E-state index is 14.6. The summed E-state index contributed by atoms with van der Waals surface area (Å²) in [6, 6.07) is 7.17. The van der Waals surface area contributed by atoms with Crippen molar-refractivity contribution in [2.24, 2.45) is 0 Å². The third-order valence-corrected chi connectivity index (χ3v) is 10.6. The van der Waals surface area contributed by atoms with Crippen LogP contribution in [-0.2, 0) is 23.9 Å². The molecular formula is C47H70O10. The number of esters is 3. The van der Waals surface area contributed by atoms with Gasteiger partial charge in [0.05, 0.1) is 11.5 Å². The van der Waals surface area contributed by atoms with E-state index in [1.54, 1.807) is 6.07 Å². The highest BCUT2D eigenvalue weighted by Gasteiger charge is 2.47. The van der Waals surface area contributed by atoms with E-state index in [1.807, 2.05) is 0 Å². The second-order valence-corrected chi connectivity index (χ2v) is 15.6. The van der Waals surface area contributed by atoms with E-state index in [0.29, 0.717) is 31.2 Å². The lowest BCUT2D eigenvalue weighted by Gasteiger charge is -2.39. The molecular weight excluding hydrogens is 725 g/mol. The molecule has 1 aliphatic heterocycles. The van der Waals surface area contributed by atoms with E-state index in [4.69, 9.17) is 18.9 Å². The molecule has 1 aliphatic rings. The molecule has 0 saturated carbocycles. The Labute approximate surface area is 341 Å². The summed E-state index contributed by atoms with van der Waals surface area (Å²) in [4.78, 5) is 54.8. The summed E-state index contributed by atoms with van der Waals surface area (Å²) in [5.74, 6) is -3.24. The number of Topliss-reactive ketones (excluding diaryl/α,β-unsaturated/α-hetero) is 1. The molecule has 2 aromatic carbocycles. The van der Waals surface area contributed by atoms with E-state index in [1.165, 1.54) is 24.3 Å². The Bertz CT molecular complexity index is 1530. The minimum atomic E-state index is -1.20. The first-order valence-electron chi connectivity index (χ1n) is 22.1. The van der Waals surface area contributed by atoms with E-state index in [-0.39, 0.29) is 60.0 Å². The molecule has 57 heavy (non-hydrogen) atoms. The van der Waals surface area contributed by atoms with Crippen molar-refractivity contribution in [3.8, 4) is 28.7 Å². The first-order valence-corrected chi connectivity index (χ1v) is 22.1. The van der Waals surface area contributed by atoms with Crippen LogP contribution in [0.5, 0.6) is 28.7 Å². The van der Waals surface area contributed by atoms with Gasteiger partial charge in [0.15, 0.2) is 23.7 Å². The van der Waals surface area contributed by atoms with Crippen molar-refractivity contribution in [2.45, 2.75) is 200 Å². The number of hydrogen-bond acceptors (Lipinski definition) is 10. The van der Waals surface area contributed by atoms with Gasteiger partial charge < -0.3 is 29.2 Å². The smallest absolute Gasteiger partial charge is 0.311 e. The van der Waals surface area contributed by atoms with E-state index in [0.717, 1.165) is 103 Å². The Balaban J connectivity index is 2.12. The zero-order valence-corrected chi connectivity index (χ0v) is 35.2. The molecule has 0 saturated heterocycles. The normalized spacial score (nSPS) is 16.0. The number of hydrogen-bond donors (Lipinski definition) is 2. The summed E-state index contributed by atoms with van der Waals surface area (Å²) < 4.78 is 24.7. The number of fused-ring (bicyclic) bond motifs is 1. The van der Waals surface area contributed by atoms with Crippen molar-refractivity contribution in [2.75, 3.05) is 0 Å². The number of carbonyl (C=O) groups is 4. The third kappa shape index (κ3) is 16.4. The molecule has 10 heteroatoms. The molecule has 0 amide bonds. The van der Waals surface area contributed by atoms with Crippen molar-refractivity contribution < 1.29 is 48.3 Å². The molecule has 318 valence electrons. The number of ketones is 1. The van der Waals surface area contributed by atoms with E-state index in [9.17, 15) is 29.4 Å². The van der Waals surface area contributed by atoms with E-state index < -0.39 is 41.8 Å². The summed E-state index contributed by atoms with van der Waals surface area (Å²) in [6.07, 6.45) is 17.0. The fraction of sp³-hybridized carbons (Fsp3) is 0.660. The Kier molecular flexibility index (Phi) is 22.2. The largest absolute Gasteiger partial charge is 0.504 e. The molecule has 3 atom stereocenters. The standard InChI is InChI=1S/C47H70O10/c1-5-9-13-17-21-25-37(49)44-45-39(55-42(52)27-23-19-15-11-7-3)32-35(54-41(51)26-22-18-14-10-6-2)33-40(45)56-46(34-29-30-36(48)38(50)31-34)47(44)57-43(53)28-24-20-16-12-8-4/h29-33,44,46-48,50H,5-28H2,1-4H3/t44?,46-,47+/m1/s1. The predicted molar refractivity (Wildman–Crippen MR) is 222 cm³/mol. The summed E-state index contributed by atoms with van der Waals surface area (Å²) >= 11 is 0. The summed E-state index contributed by atoms with van der Waals surface area (Å²) in [5.41, 5.74) is 0.616. The second-order valence-electron chi connectivity index (χ2n) is 15.6. The lowest BCUT2D eigenvalue weighted by molar-refractivity contribution is -0.159. The lowest BCUT2D eigenvalue weighted by atomic mass is 9.79. The summed E-state index contributed by atoms with van der Waals surface area (Å²) in [6.45, 7) is 8.51. The minimum absolute atomic E-state index is 0.0220. The van der Waals surface area contributed by atoms with Crippen LogP contribution in [0, 0.1) is 0 Å². The number of carbonyl (C=O) groups excluding carboxylic acids is 4. The SMILES string of the molecule is CCCCCCCC(=O)Oc1cc(OC(=O)CCCCCCC)c2c(c1)O[C@H](c1ccc(O)c(O)c1)[C@@H](OC(=O)CCCCCCC)C2C(=O)CCCCCCC. The molecule has 2 aromatic rings. The van der Waals surface area contributed by atoms with E-state index >= 15 is 0 Å². The van der Waals surface area contributed by atoms with Gasteiger partial charge in [0.25, 0.3) is 0 Å². The fourth-order valence-electron chi connectivity index (χ4n) is 7.36. The highest BCUT2D eigenvalue weighted by molar-refractivity contribution is 5.90. The molecule has 0 spiro atoms. The van der Waals surface area contributed by atoms with Crippen molar-refractivity contribution in [1.29, 1.82) is 0 Å². The Morgan fingerprint density at radius 1 is 0.561 bits per heavy atom.